The quantitative estimate of drug-likeness (QED) is 0.920. The van der Waals surface area contributed by atoms with E-state index >= 15 is 0 Å². The highest BCUT2D eigenvalue weighted by atomic mass is 19.1. The van der Waals surface area contributed by atoms with Gasteiger partial charge in [0, 0.05) is 20.0 Å². The van der Waals surface area contributed by atoms with E-state index < -0.39 is 5.92 Å². The van der Waals surface area contributed by atoms with E-state index in [1.54, 1.807) is 24.1 Å². The van der Waals surface area contributed by atoms with Crippen LogP contribution in [0.3, 0.4) is 0 Å². The third-order valence-electron chi connectivity index (χ3n) is 4.38. The predicted molar refractivity (Wildman–Crippen MR) is 75.8 cm³/mol. The molecule has 1 saturated carbocycles. The summed E-state index contributed by atoms with van der Waals surface area (Å²) in [6, 6.07) is 5.76. The average Bonchev–Trinajstić information content (AvgIpc) is 3.23. The lowest BCUT2D eigenvalue weighted by molar-refractivity contribution is -0.128. The molecule has 0 spiro atoms. The molecule has 1 aromatic rings. The molecule has 1 aromatic carbocycles. The van der Waals surface area contributed by atoms with Crippen molar-refractivity contribution >= 4 is 11.8 Å². The van der Waals surface area contributed by atoms with Crippen LogP contribution in [0.5, 0.6) is 0 Å². The van der Waals surface area contributed by atoms with Crippen LogP contribution in [0.1, 0.15) is 30.9 Å². The number of nitrogens with one attached hydrogen (secondary N) is 1. The molecule has 1 heterocycles. The maximum atomic E-state index is 13.4. The van der Waals surface area contributed by atoms with Crippen molar-refractivity contribution in [2.75, 3.05) is 13.6 Å². The highest BCUT2D eigenvalue weighted by Gasteiger charge is 2.42. The van der Waals surface area contributed by atoms with Crippen molar-refractivity contribution in [3.63, 3.8) is 0 Å². The van der Waals surface area contributed by atoms with Crippen molar-refractivity contribution in [1.29, 1.82) is 0 Å². The molecule has 5 heteroatoms. The van der Waals surface area contributed by atoms with Crippen LogP contribution in [0.25, 0.3) is 0 Å². The Morgan fingerprint density at radius 2 is 2.19 bits per heavy atom. The minimum absolute atomic E-state index is 0.0733. The van der Waals surface area contributed by atoms with E-state index in [-0.39, 0.29) is 30.1 Å². The maximum absolute atomic E-state index is 13.4. The van der Waals surface area contributed by atoms with Crippen LogP contribution >= 0.6 is 0 Å². The Kier molecular flexibility index (Phi) is 3.66. The molecule has 2 fully saturated rings. The first-order valence-electron chi connectivity index (χ1n) is 7.35. The van der Waals surface area contributed by atoms with Crippen molar-refractivity contribution in [3.8, 4) is 0 Å². The van der Waals surface area contributed by atoms with Gasteiger partial charge in [-0.3, -0.25) is 9.59 Å². The fourth-order valence-electron chi connectivity index (χ4n) is 2.95. The summed E-state index contributed by atoms with van der Waals surface area (Å²) in [5.74, 6) is -0.374. The average molecular weight is 290 g/mol. The molecule has 3 rings (SSSR count). The Hall–Kier alpha value is -1.91. The summed E-state index contributed by atoms with van der Waals surface area (Å²) in [6.07, 6.45) is 2.52. The van der Waals surface area contributed by atoms with Crippen LogP contribution in [-0.4, -0.2) is 30.3 Å². The van der Waals surface area contributed by atoms with Gasteiger partial charge >= 0.3 is 0 Å². The summed E-state index contributed by atoms with van der Waals surface area (Å²) in [5.41, 5.74) is 0.676. The standard InChI is InChI=1S/C16H19FN2O2/c1-19-14(20)8-13(16(21)18-9-10-5-6-10)15(19)11-3-2-4-12(17)7-11/h2-4,7,10,13,15H,5-6,8-9H2,1H3,(H,18,21)/t13-,15-/m1/s1. The predicted octanol–water partition coefficient (Wildman–Crippen LogP) is 1.87. The lowest BCUT2D eigenvalue weighted by atomic mass is 9.93. The van der Waals surface area contributed by atoms with Gasteiger partial charge in [-0.05, 0) is 36.5 Å². The molecule has 2 aliphatic rings. The third kappa shape index (κ3) is 2.91. The summed E-state index contributed by atoms with van der Waals surface area (Å²) in [6.45, 7) is 0.684. The number of hydrogen-bond acceptors (Lipinski definition) is 2. The zero-order valence-electron chi connectivity index (χ0n) is 12.0. The Morgan fingerprint density at radius 1 is 1.43 bits per heavy atom. The van der Waals surface area contributed by atoms with Gasteiger partial charge in [0.2, 0.25) is 11.8 Å². The van der Waals surface area contributed by atoms with Crippen molar-refractivity contribution in [2.24, 2.45) is 11.8 Å². The molecule has 0 unspecified atom stereocenters. The van der Waals surface area contributed by atoms with Gasteiger partial charge in [-0.2, -0.15) is 0 Å². The molecule has 1 aliphatic heterocycles. The van der Waals surface area contributed by atoms with Gasteiger partial charge in [0.15, 0.2) is 0 Å². The molecule has 2 amide bonds. The number of likely N-dealkylation sites (tertiary alicyclic amines) is 1. The van der Waals surface area contributed by atoms with Crippen LogP contribution in [0, 0.1) is 17.7 Å². The van der Waals surface area contributed by atoms with E-state index in [1.165, 1.54) is 12.1 Å². The maximum Gasteiger partial charge on any atom is 0.226 e. The molecule has 1 saturated heterocycles. The molecule has 0 aromatic heterocycles. The molecule has 2 atom stereocenters. The number of benzene rings is 1. The van der Waals surface area contributed by atoms with Gasteiger partial charge in [0.1, 0.15) is 5.82 Å². The molecular formula is C16H19FN2O2. The van der Waals surface area contributed by atoms with Crippen molar-refractivity contribution < 1.29 is 14.0 Å². The van der Waals surface area contributed by atoms with E-state index in [0.29, 0.717) is 18.0 Å². The summed E-state index contributed by atoms with van der Waals surface area (Å²) in [7, 11) is 1.67. The minimum Gasteiger partial charge on any atom is -0.355 e. The number of hydrogen-bond donors (Lipinski definition) is 1. The SMILES string of the molecule is CN1C(=O)C[C@@H](C(=O)NCC2CC2)[C@H]1c1cccc(F)c1. The second-order valence-corrected chi connectivity index (χ2v) is 6.00. The number of rotatable bonds is 4. The Labute approximate surface area is 123 Å². The fourth-order valence-corrected chi connectivity index (χ4v) is 2.95. The Bertz CT molecular complexity index is 571. The lowest BCUT2D eigenvalue weighted by Crippen LogP contribution is -2.35. The Morgan fingerprint density at radius 3 is 2.86 bits per heavy atom. The highest BCUT2D eigenvalue weighted by molar-refractivity contribution is 5.90. The molecule has 0 radical (unpaired) electrons. The van der Waals surface area contributed by atoms with E-state index in [0.717, 1.165) is 12.8 Å². The van der Waals surface area contributed by atoms with Gasteiger partial charge in [-0.25, -0.2) is 4.39 Å². The van der Waals surface area contributed by atoms with Crippen LogP contribution in [-0.2, 0) is 9.59 Å². The van der Waals surface area contributed by atoms with Gasteiger partial charge in [0.25, 0.3) is 0 Å². The molecule has 0 bridgehead atoms. The third-order valence-corrected chi connectivity index (χ3v) is 4.38. The second kappa shape index (κ2) is 5.47. The normalized spacial score (nSPS) is 25.2. The number of amides is 2. The van der Waals surface area contributed by atoms with Crippen LogP contribution in [0.2, 0.25) is 0 Å². The number of halogens is 1. The number of nitrogens with zero attached hydrogens (tertiary/aromatic N) is 1. The molecule has 112 valence electrons. The van der Waals surface area contributed by atoms with Crippen molar-refractivity contribution in [2.45, 2.75) is 25.3 Å². The monoisotopic (exact) mass is 290 g/mol. The van der Waals surface area contributed by atoms with E-state index in [4.69, 9.17) is 0 Å². The van der Waals surface area contributed by atoms with Gasteiger partial charge < -0.3 is 10.2 Å². The molecular weight excluding hydrogens is 271 g/mol. The van der Waals surface area contributed by atoms with Crippen molar-refractivity contribution in [1.82, 2.24) is 10.2 Å². The first-order valence-corrected chi connectivity index (χ1v) is 7.35. The summed E-state index contributed by atoms with van der Waals surface area (Å²) in [5, 5.41) is 2.93. The molecule has 1 N–H and O–H groups in total. The van der Waals surface area contributed by atoms with E-state index in [1.807, 2.05) is 0 Å². The van der Waals surface area contributed by atoms with Crippen LogP contribution in [0.4, 0.5) is 4.39 Å². The fraction of sp³-hybridized carbons (Fsp3) is 0.500. The smallest absolute Gasteiger partial charge is 0.226 e. The summed E-state index contributed by atoms with van der Waals surface area (Å²) < 4.78 is 13.4. The second-order valence-electron chi connectivity index (χ2n) is 6.00. The molecule has 1 aliphatic carbocycles. The zero-order valence-corrected chi connectivity index (χ0v) is 12.0. The van der Waals surface area contributed by atoms with E-state index in [9.17, 15) is 14.0 Å². The van der Waals surface area contributed by atoms with Crippen molar-refractivity contribution in [3.05, 3.63) is 35.6 Å². The van der Waals surface area contributed by atoms with Crippen LogP contribution in [0.15, 0.2) is 24.3 Å². The first-order chi connectivity index (χ1) is 10.1. The van der Waals surface area contributed by atoms with Gasteiger partial charge in [0.05, 0.1) is 12.0 Å². The molecule has 4 nitrogen and oxygen atoms in total. The highest BCUT2D eigenvalue weighted by Crippen LogP contribution is 2.37. The Balaban J connectivity index is 1.79. The summed E-state index contributed by atoms with van der Waals surface area (Å²) >= 11 is 0. The zero-order chi connectivity index (χ0) is 15.0. The van der Waals surface area contributed by atoms with Gasteiger partial charge in [-0.15, -0.1) is 0 Å². The minimum atomic E-state index is -0.442. The topological polar surface area (TPSA) is 49.4 Å². The van der Waals surface area contributed by atoms with E-state index in [2.05, 4.69) is 5.32 Å². The van der Waals surface area contributed by atoms with Crippen LogP contribution < -0.4 is 5.32 Å². The number of carbonyl (C=O) groups excluding carboxylic acids is 2. The largest absolute Gasteiger partial charge is 0.355 e. The first kappa shape index (κ1) is 14.0. The summed E-state index contributed by atoms with van der Waals surface area (Å²) in [4.78, 5) is 25.9. The molecule has 21 heavy (non-hydrogen) atoms. The number of carbonyl (C=O) groups is 2. The lowest BCUT2D eigenvalue weighted by Gasteiger charge is -2.25. The van der Waals surface area contributed by atoms with Gasteiger partial charge in [-0.1, -0.05) is 12.1 Å².